The zero-order chi connectivity index (χ0) is 13.2. The van der Waals surface area contributed by atoms with E-state index in [2.05, 4.69) is 0 Å². The predicted octanol–water partition coefficient (Wildman–Crippen LogP) is 3.95. The van der Waals surface area contributed by atoms with Gasteiger partial charge in [-0.05, 0) is 31.4 Å². The molecule has 0 N–H and O–H groups in total. The topological polar surface area (TPSA) is 34.1 Å². The number of benzene rings is 1. The highest BCUT2D eigenvalue weighted by Crippen LogP contribution is 2.37. The van der Waals surface area contributed by atoms with E-state index >= 15 is 0 Å². The van der Waals surface area contributed by atoms with Gasteiger partial charge < -0.3 is 0 Å². The first kappa shape index (κ1) is 13.9. The molecule has 0 saturated carbocycles. The first-order chi connectivity index (χ1) is 8.53. The van der Waals surface area contributed by atoms with Crippen LogP contribution < -0.4 is 0 Å². The fourth-order valence-corrected chi connectivity index (χ4v) is 4.62. The third-order valence-electron chi connectivity index (χ3n) is 3.10. The molecule has 5 heteroatoms. The minimum Gasteiger partial charge on any atom is -0.219 e. The molecule has 98 valence electrons. The van der Waals surface area contributed by atoms with E-state index in [4.69, 9.17) is 23.2 Å². The van der Waals surface area contributed by atoms with E-state index in [-0.39, 0.29) is 5.92 Å². The van der Waals surface area contributed by atoms with Gasteiger partial charge in [0.15, 0.2) is 0 Å². The van der Waals surface area contributed by atoms with Crippen LogP contribution in [0.4, 0.5) is 0 Å². The summed E-state index contributed by atoms with van der Waals surface area (Å²) in [5.74, 6) is -0.299. The van der Waals surface area contributed by atoms with E-state index in [1.165, 1.54) is 0 Å². The number of alkyl halides is 2. The summed E-state index contributed by atoms with van der Waals surface area (Å²) in [6.45, 7) is 0. The summed E-state index contributed by atoms with van der Waals surface area (Å²) in [6, 6.07) is 8.41. The average Bonchev–Trinajstić information content (AvgIpc) is 2.39. The van der Waals surface area contributed by atoms with Crippen molar-refractivity contribution in [3.05, 3.63) is 41.3 Å². The summed E-state index contributed by atoms with van der Waals surface area (Å²) in [5, 5.41) is 0. The fraction of sp³-hybridized carbons (Fsp3) is 0.385. The van der Waals surface area contributed by atoms with Gasteiger partial charge >= 0.3 is 0 Å². The van der Waals surface area contributed by atoms with Crippen molar-refractivity contribution in [2.45, 2.75) is 29.0 Å². The van der Waals surface area contributed by atoms with Crippen LogP contribution in [0, 0.1) is 5.92 Å². The lowest BCUT2D eigenvalue weighted by Crippen LogP contribution is -2.22. The Balaban J connectivity index is 2.43. The van der Waals surface area contributed by atoms with E-state index in [1.807, 2.05) is 0 Å². The van der Waals surface area contributed by atoms with Gasteiger partial charge in [0.25, 0.3) is 0 Å². The van der Waals surface area contributed by atoms with Crippen molar-refractivity contribution in [2.24, 2.45) is 5.92 Å². The molecule has 1 unspecified atom stereocenters. The van der Waals surface area contributed by atoms with Gasteiger partial charge in [-0.25, -0.2) is 8.42 Å². The fourth-order valence-electron chi connectivity index (χ4n) is 2.17. The van der Waals surface area contributed by atoms with E-state index in [0.717, 1.165) is 19.3 Å². The lowest BCUT2D eigenvalue weighted by molar-refractivity contribution is 0.540. The van der Waals surface area contributed by atoms with Gasteiger partial charge in [-0.15, -0.1) is 23.2 Å². The average molecular weight is 305 g/mol. The molecule has 0 aromatic heterocycles. The summed E-state index contributed by atoms with van der Waals surface area (Å²) in [5.41, 5.74) is 0. The molecule has 0 heterocycles. The van der Waals surface area contributed by atoms with Crippen LogP contribution >= 0.6 is 23.2 Å². The lowest BCUT2D eigenvalue weighted by atomic mass is 9.97. The van der Waals surface area contributed by atoms with Crippen molar-refractivity contribution in [3.8, 4) is 0 Å². The molecule has 0 saturated heterocycles. The Bertz CT molecular complexity index is 535. The Morgan fingerprint density at radius 2 is 1.83 bits per heavy atom. The quantitative estimate of drug-likeness (QED) is 0.792. The molecule has 1 aromatic carbocycles. The summed E-state index contributed by atoms with van der Waals surface area (Å²) in [6.07, 6.45) is 4.16. The third kappa shape index (κ3) is 2.73. The Labute approximate surface area is 118 Å². The number of rotatable bonds is 3. The standard InChI is InChI=1S/C13H14Cl2O2S/c14-13(15)11-8-4-5-9-12(11)18(16,17)10-6-2-1-3-7-10/h1-3,6-7,9,11,13H,4-5,8H2. The van der Waals surface area contributed by atoms with Gasteiger partial charge in [-0.1, -0.05) is 24.3 Å². The van der Waals surface area contributed by atoms with Crippen molar-refractivity contribution in [2.75, 3.05) is 0 Å². The first-order valence-corrected chi connectivity index (χ1v) is 8.17. The summed E-state index contributed by atoms with van der Waals surface area (Å²) < 4.78 is 25.0. The van der Waals surface area contributed by atoms with Gasteiger partial charge in [0.2, 0.25) is 9.84 Å². The smallest absolute Gasteiger partial charge is 0.202 e. The van der Waals surface area contributed by atoms with Gasteiger partial charge in [0.05, 0.1) is 9.80 Å². The zero-order valence-corrected chi connectivity index (χ0v) is 12.0. The number of hydrogen-bond acceptors (Lipinski definition) is 2. The number of halogens is 2. The van der Waals surface area contributed by atoms with Crippen molar-refractivity contribution in [1.29, 1.82) is 0 Å². The van der Waals surface area contributed by atoms with E-state index < -0.39 is 14.7 Å². The second-order valence-corrected chi connectivity index (χ2v) is 7.41. The number of sulfone groups is 1. The molecule has 0 aliphatic heterocycles. The second kappa shape index (κ2) is 5.64. The van der Waals surface area contributed by atoms with Crippen LogP contribution in [0.5, 0.6) is 0 Å². The molecule has 2 nitrogen and oxygen atoms in total. The van der Waals surface area contributed by atoms with E-state index in [0.29, 0.717) is 9.80 Å². The Morgan fingerprint density at radius 3 is 2.44 bits per heavy atom. The molecular weight excluding hydrogens is 291 g/mol. The van der Waals surface area contributed by atoms with Crippen LogP contribution in [0.25, 0.3) is 0 Å². The van der Waals surface area contributed by atoms with Crippen molar-refractivity contribution in [1.82, 2.24) is 0 Å². The van der Waals surface area contributed by atoms with Crippen LogP contribution in [0.1, 0.15) is 19.3 Å². The summed E-state index contributed by atoms with van der Waals surface area (Å²) in [4.78, 5) is -0.0119. The molecule has 2 rings (SSSR count). The van der Waals surface area contributed by atoms with Crippen LogP contribution in [-0.4, -0.2) is 13.3 Å². The molecule has 1 atom stereocenters. The maximum absolute atomic E-state index is 12.5. The van der Waals surface area contributed by atoms with E-state index in [1.54, 1.807) is 36.4 Å². The molecule has 18 heavy (non-hydrogen) atoms. The SMILES string of the molecule is O=S(=O)(C1=CCCCC1C(Cl)Cl)c1ccccc1. The van der Waals surface area contributed by atoms with Crippen molar-refractivity contribution < 1.29 is 8.42 Å². The highest BCUT2D eigenvalue weighted by atomic mass is 35.5. The molecule has 1 aliphatic carbocycles. The molecular formula is C13H14Cl2O2S. The Kier molecular flexibility index (Phi) is 4.36. The van der Waals surface area contributed by atoms with Crippen LogP contribution in [0.3, 0.4) is 0 Å². The predicted molar refractivity (Wildman–Crippen MR) is 74.5 cm³/mol. The molecule has 0 bridgehead atoms. The largest absolute Gasteiger partial charge is 0.219 e. The zero-order valence-electron chi connectivity index (χ0n) is 9.72. The Hall–Kier alpha value is -0.510. The second-order valence-electron chi connectivity index (χ2n) is 4.29. The van der Waals surface area contributed by atoms with Crippen molar-refractivity contribution in [3.63, 3.8) is 0 Å². The summed E-state index contributed by atoms with van der Waals surface area (Å²) in [7, 11) is -3.46. The number of allylic oxidation sites excluding steroid dienone is 2. The van der Waals surface area contributed by atoms with Crippen LogP contribution in [0.15, 0.2) is 46.2 Å². The van der Waals surface area contributed by atoms with Crippen molar-refractivity contribution >= 4 is 33.0 Å². The van der Waals surface area contributed by atoms with Crippen LogP contribution in [-0.2, 0) is 9.84 Å². The highest BCUT2D eigenvalue weighted by Gasteiger charge is 2.33. The van der Waals surface area contributed by atoms with Gasteiger partial charge in [0.1, 0.15) is 4.84 Å². The molecule has 1 aromatic rings. The maximum atomic E-state index is 12.5. The minimum atomic E-state index is -3.46. The van der Waals surface area contributed by atoms with Gasteiger partial charge in [0, 0.05) is 5.92 Å². The minimum absolute atomic E-state index is 0.299. The number of hydrogen-bond donors (Lipinski definition) is 0. The highest BCUT2D eigenvalue weighted by molar-refractivity contribution is 7.95. The lowest BCUT2D eigenvalue weighted by Gasteiger charge is -2.24. The molecule has 0 radical (unpaired) electrons. The third-order valence-corrected chi connectivity index (χ3v) is 5.69. The van der Waals surface area contributed by atoms with Crippen LogP contribution in [0.2, 0.25) is 0 Å². The summed E-state index contributed by atoms with van der Waals surface area (Å²) >= 11 is 11.8. The molecule has 0 amide bonds. The molecule has 0 spiro atoms. The van der Waals surface area contributed by atoms with Gasteiger partial charge in [-0.2, -0.15) is 0 Å². The Morgan fingerprint density at radius 1 is 1.17 bits per heavy atom. The monoisotopic (exact) mass is 304 g/mol. The van der Waals surface area contributed by atoms with Gasteiger partial charge in [-0.3, -0.25) is 0 Å². The maximum Gasteiger partial charge on any atom is 0.202 e. The molecule has 1 aliphatic rings. The molecule has 0 fully saturated rings. The normalized spacial score (nSPS) is 20.8. The van der Waals surface area contributed by atoms with E-state index in [9.17, 15) is 8.42 Å². The first-order valence-electron chi connectivity index (χ1n) is 5.82.